The monoisotopic (exact) mass is 441 g/mol. The topological polar surface area (TPSA) is 99.6 Å². The van der Waals surface area contributed by atoms with Gasteiger partial charge in [0.2, 0.25) is 5.95 Å². The van der Waals surface area contributed by atoms with Crippen LogP contribution in [0.1, 0.15) is 66.9 Å². The lowest BCUT2D eigenvalue weighted by Crippen LogP contribution is -2.61. The third-order valence-corrected chi connectivity index (χ3v) is 8.38. The van der Waals surface area contributed by atoms with Crippen LogP contribution in [0.4, 0.5) is 5.95 Å². The minimum atomic E-state index is -0.478. The first-order valence-corrected chi connectivity index (χ1v) is 12.5. The second-order valence-electron chi connectivity index (χ2n) is 10.8. The predicted molar refractivity (Wildman–Crippen MR) is 120 cm³/mol. The fraction of sp³-hybridized carbons (Fsp3) is 0.792. The fourth-order valence-corrected chi connectivity index (χ4v) is 6.92. The SMILES string of the molecule is O=C(NC1C2CC3CC1CC(O)(C3)C2)c1cnc(NCCN2CCOCC2)nc1C1CC1. The zero-order chi connectivity index (χ0) is 21.7. The van der Waals surface area contributed by atoms with Crippen LogP contribution in [0.3, 0.4) is 0 Å². The number of hydrogen-bond acceptors (Lipinski definition) is 7. The average molecular weight is 442 g/mol. The summed E-state index contributed by atoms with van der Waals surface area (Å²) in [5, 5.41) is 17.5. The second kappa shape index (κ2) is 8.22. The van der Waals surface area contributed by atoms with Gasteiger partial charge >= 0.3 is 0 Å². The molecule has 5 aliphatic carbocycles. The summed E-state index contributed by atoms with van der Waals surface area (Å²) in [5.74, 6) is 2.41. The molecule has 2 atom stereocenters. The Morgan fingerprint density at radius 2 is 1.94 bits per heavy atom. The molecule has 5 saturated carbocycles. The third kappa shape index (κ3) is 4.13. The number of anilines is 1. The number of nitrogens with one attached hydrogen (secondary N) is 2. The van der Waals surface area contributed by atoms with Gasteiger partial charge in [-0.15, -0.1) is 0 Å². The molecule has 0 radical (unpaired) electrons. The molecule has 4 bridgehead atoms. The average Bonchev–Trinajstić information content (AvgIpc) is 3.61. The molecule has 2 unspecified atom stereocenters. The highest BCUT2D eigenvalue weighted by Crippen LogP contribution is 2.55. The van der Waals surface area contributed by atoms with Crippen molar-refractivity contribution in [2.45, 2.75) is 62.5 Å². The molecule has 8 heteroatoms. The summed E-state index contributed by atoms with van der Waals surface area (Å²) in [6.07, 6.45) is 8.81. The number of carbonyl (C=O) groups is 1. The van der Waals surface area contributed by atoms with Gasteiger partial charge in [0.1, 0.15) is 0 Å². The number of ether oxygens (including phenoxy) is 1. The van der Waals surface area contributed by atoms with Crippen molar-refractivity contribution < 1.29 is 14.6 Å². The van der Waals surface area contributed by atoms with Crippen molar-refractivity contribution in [2.75, 3.05) is 44.7 Å². The van der Waals surface area contributed by atoms with Gasteiger partial charge in [-0.1, -0.05) is 0 Å². The van der Waals surface area contributed by atoms with E-state index in [0.29, 0.717) is 35.2 Å². The first-order chi connectivity index (χ1) is 15.6. The number of rotatable bonds is 7. The van der Waals surface area contributed by atoms with Crippen LogP contribution >= 0.6 is 0 Å². The van der Waals surface area contributed by atoms with Crippen LogP contribution in [0.2, 0.25) is 0 Å². The summed E-state index contributed by atoms with van der Waals surface area (Å²) < 4.78 is 5.40. The van der Waals surface area contributed by atoms with Crippen LogP contribution < -0.4 is 10.6 Å². The van der Waals surface area contributed by atoms with Gasteiger partial charge in [-0.25, -0.2) is 9.97 Å². The molecule has 174 valence electrons. The molecule has 1 aromatic rings. The van der Waals surface area contributed by atoms with E-state index >= 15 is 0 Å². The smallest absolute Gasteiger partial charge is 0.254 e. The molecule has 0 spiro atoms. The number of aromatic nitrogens is 2. The molecule has 6 aliphatic rings. The maximum Gasteiger partial charge on any atom is 0.254 e. The van der Waals surface area contributed by atoms with Crippen LogP contribution in [0.15, 0.2) is 6.20 Å². The van der Waals surface area contributed by atoms with Gasteiger partial charge in [-0.05, 0) is 62.7 Å². The van der Waals surface area contributed by atoms with E-state index in [1.54, 1.807) is 6.20 Å². The first-order valence-electron chi connectivity index (χ1n) is 12.5. The van der Waals surface area contributed by atoms with Crippen molar-refractivity contribution >= 4 is 11.9 Å². The molecule has 7 rings (SSSR count). The zero-order valence-electron chi connectivity index (χ0n) is 18.8. The van der Waals surface area contributed by atoms with E-state index in [4.69, 9.17) is 9.72 Å². The first kappa shape index (κ1) is 20.8. The molecule has 32 heavy (non-hydrogen) atoms. The molecule has 0 aromatic carbocycles. The van der Waals surface area contributed by atoms with Crippen molar-refractivity contribution in [1.29, 1.82) is 0 Å². The summed E-state index contributed by atoms with van der Waals surface area (Å²) in [6, 6.07) is 0.178. The number of nitrogens with zero attached hydrogens (tertiary/aromatic N) is 3. The number of morpholine rings is 1. The molecule has 6 fully saturated rings. The van der Waals surface area contributed by atoms with Crippen LogP contribution in [-0.4, -0.2) is 76.9 Å². The van der Waals surface area contributed by atoms with Crippen LogP contribution in [-0.2, 0) is 4.74 Å². The standard InChI is InChI=1S/C24H35N5O3/c30-22(27-20-17-9-15-10-18(20)13-24(31,11-15)12-17)19-14-26-23(28-21(19)16-1-2-16)25-3-4-29-5-7-32-8-6-29/h14-18,20,31H,1-13H2,(H,27,30)(H,25,26,28). The fourth-order valence-electron chi connectivity index (χ4n) is 6.92. The van der Waals surface area contributed by atoms with Crippen LogP contribution in [0, 0.1) is 17.8 Å². The lowest BCUT2D eigenvalue weighted by Gasteiger charge is -2.58. The zero-order valence-corrected chi connectivity index (χ0v) is 18.8. The van der Waals surface area contributed by atoms with Gasteiger partial charge in [0.25, 0.3) is 5.91 Å². The van der Waals surface area contributed by atoms with Crippen molar-refractivity contribution in [3.05, 3.63) is 17.5 Å². The van der Waals surface area contributed by atoms with Crippen molar-refractivity contribution in [3.8, 4) is 0 Å². The van der Waals surface area contributed by atoms with E-state index in [1.165, 1.54) is 0 Å². The highest BCUT2D eigenvalue weighted by atomic mass is 16.5. The Balaban J connectivity index is 1.11. The molecule has 1 saturated heterocycles. The predicted octanol–water partition coefficient (Wildman–Crippen LogP) is 1.77. The molecular formula is C24H35N5O3. The quantitative estimate of drug-likeness (QED) is 0.593. The minimum absolute atomic E-state index is 0.0313. The van der Waals surface area contributed by atoms with E-state index in [-0.39, 0.29) is 11.9 Å². The second-order valence-corrected chi connectivity index (χ2v) is 10.8. The molecule has 2 heterocycles. The number of carbonyl (C=O) groups excluding carboxylic acids is 1. The highest BCUT2D eigenvalue weighted by molar-refractivity contribution is 5.95. The molecule has 8 nitrogen and oxygen atoms in total. The number of aliphatic hydroxyl groups is 1. The summed E-state index contributed by atoms with van der Waals surface area (Å²) in [5.41, 5.74) is 1.06. The molecule has 1 amide bonds. The third-order valence-electron chi connectivity index (χ3n) is 8.38. The summed E-state index contributed by atoms with van der Waals surface area (Å²) >= 11 is 0. The van der Waals surface area contributed by atoms with Gasteiger partial charge in [-0.2, -0.15) is 0 Å². The Kier molecular flexibility index (Phi) is 5.35. The summed E-state index contributed by atoms with van der Waals surface area (Å²) in [7, 11) is 0. The van der Waals surface area contributed by atoms with Gasteiger partial charge in [0.05, 0.1) is 30.1 Å². The molecule has 1 aromatic heterocycles. The highest BCUT2D eigenvalue weighted by Gasteiger charge is 2.55. The normalized spacial score (nSPS) is 36.3. The van der Waals surface area contributed by atoms with E-state index < -0.39 is 5.60 Å². The Morgan fingerprint density at radius 3 is 2.62 bits per heavy atom. The molecule has 1 aliphatic heterocycles. The Hall–Kier alpha value is -1.77. The Morgan fingerprint density at radius 1 is 1.19 bits per heavy atom. The van der Waals surface area contributed by atoms with E-state index in [0.717, 1.165) is 90.0 Å². The lowest BCUT2D eigenvalue weighted by molar-refractivity contribution is -0.136. The maximum atomic E-state index is 13.3. The van der Waals surface area contributed by atoms with Crippen molar-refractivity contribution in [1.82, 2.24) is 20.2 Å². The Bertz CT molecular complexity index is 853. The van der Waals surface area contributed by atoms with Gasteiger partial charge in [0, 0.05) is 44.3 Å². The van der Waals surface area contributed by atoms with Crippen LogP contribution in [0.5, 0.6) is 0 Å². The number of hydrogen-bond donors (Lipinski definition) is 3. The maximum absolute atomic E-state index is 13.3. The van der Waals surface area contributed by atoms with Crippen LogP contribution in [0.25, 0.3) is 0 Å². The number of amides is 1. The lowest BCUT2D eigenvalue weighted by atomic mass is 9.52. The minimum Gasteiger partial charge on any atom is -0.390 e. The molecule has 3 N–H and O–H groups in total. The van der Waals surface area contributed by atoms with E-state index in [1.807, 2.05) is 0 Å². The Labute approximate surface area is 189 Å². The van der Waals surface area contributed by atoms with Gasteiger partial charge in [0.15, 0.2) is 0 Å². The molecular weight excluding hydrogens is 406 g/mol. The van der Waals surface area contributed by atoms with E-state index in [2.05, 4.69) is 20.5 Å². The van der Waals surface area contributed by atoms with Crippen molar-refractivity contribution in [2.24, 2.45) is 17.8 Å². The largest absolute Gasteiger partial charge is 0.390 e. The van der Waals surface area contributed by atoms with E-state index in [9.17, 15) is 9.90 Å². The van der Waals surface area contributed by atoms with Gasteiger partial charge < -0.3 is 20.5 Å². The van der Waals surface area contributed by atoms with Crippen molar-refractivity contribution in [3.63, 3.8) is 0 Å². The summed E-state index contributed by atoms with van der Waals surface area (Å²) in [6.45, 7) is 5.26. The van der Waals surface area contributed by atoms with Gasteiger partial charge in [-0.3, -0.25) is 9.69 Å². The summed E-state index contributed by atoms with van der Waals surface area (Å²) in [4.78, 5) is 24.9.